The number of carbonyl (C=O) groups is 2. The molecule has 2 saturated heterocycles. The normalized spacial score (nSPS) is 39.3. The molecule has 0 bridgehead atoms. The summed E-state index contributed by atoms with van der Waals surface area (Å²) in [6.07, 6.45) is 5.03. The Morgan fingerprint density at radius 2 is 2.06 bits per heavy atom. The van der Waals surface area contributed by atoms with Gasteiger partial charge in [0.05, 0.1) is 24.7 Å². The van der Waals surface area contributed by atoms with Crippen molar-refractivity contribution in [1.29, 1.82) is 0 Å². The summed E-state index contributed by atoms with van der Waals surface area (Å²) >= 11 is 0. The average Bonchev–Trinajstić information content (AvgIpc) is 3.20. The minimum absolute atomic E-state index is 0.0467. The third-order valence-electron chi connectivity index (χ3n) is 7.77. The van der Waals surface area contributed by atoms with Crippen LogP contribution in [0.1, 0.15) is 72.0 Å². The first-order chi connectivity index (χ1) is 15.1. The van der Waals surface area contributed by atoms with E-state index in [1.807, 2.05) is 26.8 Å². The Bertz CT molecular complexity index is 886. The van der Waals surface area contributed by atoms with Gasteiger partial charge < -0.3 is 23.7 Å². The van der Waals surface area contributed by atoms with Gasteiger partial charge in [0.2, 0.25) is 0 Å². The van der Waals surface area contributed by atoms with Gasteiger partial charge in [-0.1, -0.05) is 26.8 Å². The smallest absolute Gasteiger partial charge is 0.342 e. The molecule has 1 saturated carbocycles. The maximum atomic E-state index is 13.2. The Hall–Kier alpha value is -2.12. The molecule has 3 fully saturated rings. The molecule has 1 aromatic rings. The van der Waals surface area contributed by atoms with Gasteiger partial charge in [0, 0.05) is 17.1 Å². The molecule has 0 radical (unpaired) electrons. The first-order valence-corrected chi connectivity index (χ1v) is 11.5. The van der Waals surface area contributed by atoms with Gasteiger partial charge in [0.1, 0.15) is 12.2 Å². The molecule has 1 aliphatic carbocycles. The van der Waals surface area contributed by atoms with Gasteiger partial charge in [-0.25, -0.2) is 9.59 Å². The van der Waals surface area contributed by atoms with Crippen molar-refractivity contribution in [3.05, 3.63) is 35.8 Å². The Balaban J connectivity index is 1.64. The molecule has 7 atom stereocenters. The molecule has 7 nitrogen and oxygen atoms in total. The fourth-order valence-corrected chi connectivity index (χ4v) is 5.40. The number of ether oxygens (including phenoxy) is 3. The van der Waals surface area contributed by atoms with Crippen LogP contribution in [0.15, 0.2) is 34.7 Å². The number of hydrogen-bond acceptors (Lipinski definition) is 7. The molecule has 176 valence electrons. The molecule has 0 amide bonds. The molecule has 1 N–H and O–H groups in total. The van der Waals surface area contributed by atoms with Crippen molar-refractivity contribution in [2.24, 2.45) is 17.3 Å². The number of carbonyl (C=O) groups excluding carboxylic acids is 2. The summed E-state index contributed by atoms with van der Waals surface area (Å²) in [6, 6.07) is 1.81. The van der Waals surface area contributed by atoms with Gasteiger partial charge in [-0.2, -0.15) is 0 Å². The topological polar surface area (TPSA) is 98.5 Å². The molecule has 1 aromatic heterocycles. The van der Waals surface area contributed by atoms with E-state index in [2.05, 4.69) is 0 Å². The predicted molar refractivity (Wildman–Crippen MR) is 115 cm³/mol. The lowest BCUT2D eigenvalue weighted by atomic mass is 9.68. The summed E-state index contributed by atoms with van der Waals surface area (Å²) in [7, 11) is 0. The molecular formula is C25H34O7. The van der Waals surface area contributed by atoms with Crippen LogP contribution in [0.3, 0.4) is 0 Å². The van der Waals surface area contributed by atoms with Crippen molar-refractivity contribution < 1.29 is 33.3 Å². The molecular weight excluding hydrogens is 412 g/mol. The summed E-state index contributed by atoms with van der Waals surface area (Å²) in [5.41, 5.74) is -0.135. The SMILES string of the molecule is CC=C(C)C(=O)OC1CC(C)C2CC(c3ccoc3)OC(=O)C23OC3CCC(C)(C)C1O. The van der Waals surface area contributed by atoms with Crippen LogP contribution in [0.25, 0.3) is 0 Å². The molecule has 4 rings (SSSR count). The minimum atomic E-state index is -0.953. The van der Waals surface area contributed by atoms with E-state index in [-0.39, 0.29) is 23.9 Å². The number of aliphatic hydroxyl groups is 1. The van der Waals surface area contributed by atoms with E-state index in [4.69, 9.17) is 18.6 Å². The van der Waals surface area contributed by atoms with Crippen molar-refractivity contribution in [3.63, 3.8) is 0 Å². The standard InChI is InChI=1S/C25H34O7/c1-6-14(2)22(27)30-19-11-15(3)17-12-18(16-8-10-29-13-16)31-23(28)25(17)20(32-25)7-9-24(4,5)21(19)26/h6,8,10,13,15,17-21,26H,7,9,11-12H2,1-5H3. The molecule has 7 unspecified atom stereocenters. The highest BCUT2D eigenvalue weighted by Gasteiger charge is 2.71. The van der Waals surface area contributed by atoms with Gasteiger partial charge >= 0.3 is 11.9 Å². The molecule has 7 heteroatoms. The lowest BCUT2D eigenvalue weighted by molar-refractivity contribution is -0.173. The van der Waals surface area contributed by atoms with Crippen molar-refractivity contribution in [2.45, 2.75) is 90.3 Å². The second kappa shape index (κ2) is 8.34. The summed E-state index contributed by atoms with van der Waals surface area (Å²) in [5.74, 6) is -0.916. The van der Waals surface area contributed by atoms with Crippen molar-refractivity contribution in [2.75, 3.05) is 0 Å². The summed E-state index contributed by atoms with van der Waals surface area (Å²) in [6.45, 7) is 9.46. The lowest BCUT2D eigenvalue weighted by Crippen LogP contribution is -2.50. The van der Waals surface area contributed by atoms with E-state index in [1.54, 1.807) is 32.4 Å². The van der Waals surface area contributed by atoms with Crippen molar-refractivity contribution in [1.82, 2.24) is 0 Å². The zero-order valence-electron chi connectivity index (χ0n) is 19.5. The van der Waals surface area contributed by atoms with Crippen molar-refractivity contribution >= 4 is 11.9 Å². The predicted octanol–water partition coefficient (Wildman–Crippen LogP) is 4.11. The van der Waals surface area contributed by atoms with Crippen LogP contribution in [0, 0.1) is 17.3 Å². The lowest BCUT2D eigenvalue weighted by Gasteiger charge is -2.42. The second-order valence-corrected chi connectivity index (χ2v) is 10.3. The van der Waals surface area contributed by atoms with Crippen LogP contribution in [-0.2, 0) is 23.8 Å². The second-order valence-electron chi connectivity index (χ2n) is 10.3. The Morgan fingerprint density at radius 1 is 1.31 bits per heavy atom. The highest BCUT2D eigenvalue weighted by Crippen LogP contribution is 2.57. The van der Waals surface area contributed by atoms with E-state index >= 15 is 0 Å². The van der Waals surface area contributed by atoms with Crippen LogP contribution < -0.4 is 0 Å². The van der Waals surface area contributed by atoms with Crippen molar-refractivity contribution in [3.8, 4) is 0 Å². The molecule has 3 aliphatic rings. The maximum absolute atomic E-state index is 13.2. The number of esters is 2. The Morgan fingerprint density at radius 3 is 2.72 bits per heavy atom. The first-order valence-electron chi connectivity index (χ1n) is 11.5. The van der Waals surface area contributed by atoms with E-state index in [0.717, 1.165) is 5.56 Å². The monoisotopic (exact) mass is 446 g/mol. The van der Waals surface area contributed by atoms with E-state index < -0.39 is 35.3 Å². The molecule has 32 heavy (non-hydrogen) atoms. The first kappa shape index (κ1) is 23.1. The summed E-state index contributed by atoms with van der Waals surface area (Å²) in [5, 5.41) is 11.2. The molecule has 1 spiro atoms. The van der Waals surface area contributed by atoms with E-state index in [9.17, 15) is 14.7 Å². The Labute approximate surface area is 189 Å². The molecule has 0 aromatic carbocycles. The minimum Gasteiger partial charge on any atom is -0.472 e. The maximum Gasteiger partial charge on any atom is 0.342 e. The van der Waals surface area contributed by atoms with Gasteiger partial charge in [-0.05, 0) is 56.9 Å². The number of allylic oxidation sites excluding steroid dienone is 1. The zero-order valence-corrected chi connectivity index (χ0v) is 19.5. The van der Waals surface area contributed by atoms with Crippen LogP contribution >= 0.6 is 0 Å². The van der Waals surface area contributed by atoms with Crippen LogP contribution in [0.4, 0.5) is 0 Å². The fourth-order valence-electron chi connectivity index (χ4n) is 5.40. The zero-order chi connectivity index (χ0) is 23.3. The fraction of sp³-hybridized carbons (Fsp3) is 0.680. The van der Waals surface area contributed by atoms with Crippen LogP contribution in [0.5, 0.6) is 0 Å². The number of rotatable bonds is 3. The summed E-state index contributed by atoms with van der Waals surface area (Å²) < 4.78 is 22.9. The number of cyclic esters (lactones) is 1. The molecule has 2 aliphatic heterocycles. The summed E-state index contributed by atoms with van der Waals surface area (Å²) in [4.78, 5) is 25.8. The number of hydrogen-bond donors (Lipinski definition) is 1. The van der Waals surface area contributed by atoms with Gasteiger partial charge in [0.25, 0.3) is 0 Å². The number of aliphatic hydroxyl groups excluding tert-OH is 1. The highest BCUT2D eigenvalue weighted by molar-refractivity contribution is 5.87. The quantitative estimate of drug-likeness (QED) is 0.424. The van der Waals surface area contributed by atoms with Gasteiger partial charge in [-0.3, -0.25) is 0 Å². The van der Waals surface area contributed by atoms with Gasteiger partial charge in [-0.15, -0.1) is 0 Å². The number of furan rings is 1. The van der Waals surface area contributed by atoms with E-state index in [1.165, 1.54) is 0 Å². The van der Waals surface area contributed by atoms with Crippen LogP contribution in [-0.4, -0.2) is 41.0 Å². The largest absolute Gasteiger partial charge is 0.472 e. The average molecular weight is 447 g/mol. The third kappa shape index (κ3) is 3.90. The highest BCUT2D eigenvalue weighted by atomic mass is 16.7. The van der Waals surface area contributed by atoms with E-state index in [0.29, 0.717) is 31.3 Å². The Kier molecular flexibility index (Phi) is 6.01. The van der Waals surface area contributed by atoms with Crippen LogP contribution in [0.2, 0.25) is 0 Å². The third-order valence-corrected chi connectivity index (χ3v) is 7.77. The number of epoxide rings is 1. The molecule has 3 heterocycles. The van der Waals surface area contributed by atoms with Gasteiger partial charge in [0.15, 0.2) is 5.60 Å².